The van der Waals surface area contributed by atoms with E-state index in [-0.39, 0.29) is 0 Å². The molecule has 10 rings (SSSR count). The van der Waals surface area contributed by atoms with Gasteiger partial charge in [0.1, 0.15) is 0 Å². The average molecular weight is 787 g/mol. The Morgan fingerprint density at radius 1 is 0.387 bits per heavy atom. The lowest BCUT2D eigenvalue weighted by Crippen LogP contribution is -1.98. The van der Waals surface area contributed by atoms with E-state index in [1.54, 1.807) is 36.4 Å². The SMILES string of the molecule is [C-]#[N+]c1cc([N+]#[C-])cc(-c2ccc3c(c2)c2ccccc2n3-c2ccc(C#N)c(-c3cc(-n4c5ccccc5c5cc(-c6cc(C#N)cc(C#N)c6)ccc54)ccc3[N+]#[C-])c2)c1. The Labute approximate surface area is 355 Å². The van der Waals surface area contributed by atoms with E-state index in [9.17, 15) is 15.8 Å². The van der Waals surface area contributed by atoms with E-state index in [1.165, 1.54) is 0 Å². The molecule has 8 nitrogen and oxygen atoms in total. The van der Waals surface area contributed by atoms with E-state index >= 15 is 0 Å². The van der Waals surface area contributed by atoms with Gasteiger partial charge in [-0.25, -0.2) is 14.5 Å². The van der Waals surface area contributed by atoms with E-state index in [0.717, 1.165) is 77.2 Å². The van der Waals surface area contributed by atoms with Gasteiger partial charge in [0.25, 0.3) is 0 Å². The molecule has 0 aliphatic heterocycles. The molecule has 0 atom stereocenters. The Morgan fingerprint density at radius 3 is 1.40 bits per heavy atom. The topological polar surface area (TPSA) is 94.3 Å². The summed E-state index contributed by atoms with van der Waals surface area (Å²) in [6.45, 7) is 23.4. The summed E-state index contributed by atoms with van der Waals surface area (Å²) in [7, 11) is 0. The molecule has 2 aromatic heterocycles. The molecule has 0 aliphatic carbocycles. The maximum absolute atomic E-state index is 10.5. The first-order valence-corrected chi connectivity index (χ1v) is 19.4. The number of fused-ring (bicyclic) bond motifs is 6. The highest BCUT2D eigenvalue weighted by molar-refractivity contribution is 6.12. The molecular weight excluding hydrogens is 761 g/mol. The van der Waals surface area contributed by atoms with Crippen molar-refractivity contribution in [3.63, 3.8) is 0 Å². The minimum atomic E-state index is 0.406. The molecule has 0 fully saturated rings. The Kier molecular flexibility index (Phi) is 8.62. The molecule has 0 spiro atoms. The Morgan fingerprint density at radius 2 is 0.887 bits per heavy atom. The highest BCUT2D eigenvalue weighted by Crippen LogP contribution is 2.42. The van der Waals surface area contributed by atoms with Gasteiger partial charge in [0.15, 0.2) is 17.1 Å². The van der Waals surface area contributed by atoms with Crippen molar-refractivity contribution in [3.05, 3.63) is 209 Å². The standard InChI is InChI=1S/C54H26N8/c1-58-40-23-39(24-41(27-40)59-2)36-14-19-53-49(26-36)45-9-4-6-10-51(45)61(53)42-15-12-37(32-57)46(28-42)47-29-43(16-17-50(47)60-3)62-52-11-7-5-8-44(52)48-25-35(13-18-54(48)62)38-21-33(30-55)20-34(22-38)31-56/h4-29H. The Bertz CT molecular complexity index is 3520. The van der Waals surface area contributed by atoms with Crippen LogP contribution in [0.2, 0.25) is 0 Å². The number of nitrogens with zero attached hydrogens (tertiary/aromatic N) is 8. The molecule has 0 saturated carbocycles. The molecule has 8 heteroatoms. The van der Waals surface area contributed by atoms with Crippen LogP contribution in [0.15, 0.2) is 158 Å². The van der Waals surface area contributed by atoms with Crippen LogP contribution < -0.4 is 0 Å². The van der Waals surface area contributed by atoms with Gasteiger partial charge in [-0.2, -0.15) is 15.8 Å². The van der Waals surface area contributed by atoms with Crippen molar-refractivity contribution in [2.24, 2.45) is 0 Å². The zero-order valence-corrected chi connectivity index (χ0v) is 32.6. The molecule has 8 aromatic carbocycles. The highest BCUT2D eigenvalue weighted by Gasteiger charge is 2.20. The molecule has 0 amide bonds. The zero-order valence-electron chi connectivity index (χ0n) is 32.6. The molecule has 62 heavy (non-hydrogen) atoms. The third-order valence-corrected chi connectivity index (χ3v) is 11.4. The summed E-state index contributed by atoms with van der Waals surface area (Å²) in [4.78, 5) is 11.1. The fourth-order valence-electron chi connectivity index (χ4n) is 8.64. The third-order valence-electron chi connectivity index (χ3n) is 11.4. The second-order valence-corrected chi connectivity index (χ2v) is 14.8. The maximum Gasteiger partial charge on any atom is 0.195 e. The fraction of sp³-hybridized carbons (Fsp3) is 0. The minimum absolute atomic E-state index is 0.406. The van der Waals surface area contributed by atoms with Gasteiger partial charge >= 0.3 is 0 Å². The van der Waals surface area contributed by atoms with Gasteiger partial charge in [-0.15, -0.1) is 0 Å². The number of hydrogen-bond donors (Lipinski definition) is 0. The van der Waals surface area contributed by atoms with Gasteiger partial charge in [-0.1, -0.05) is 72.8 Å². The number of hydrogen-bond acceptors (Lipinski definition) is 3. The number of aromatic nitrogens is 2. The normalized spacial score (nSPS) is 10.8. The predicted octanol–water partition coefficient (Wildman–Crippen LogP) is 14.1. The summed E-state index contributed by atoms with van der Waals surface area (Å²) in [5.41, 5.74) is 12.4. The Balaban J connectivity index is 1.14. The largest absolute Gasteiger partial charge is 0.309 e. The van der Waals surface area contributed by atoms with Gasteiger partial charge in [0, 0.05) is 32.9 Å². The third kappa shape index (κ3) is 5.87. The van der Waals surface area contributed by atoms with Crippen LogP contribution in [0.3, 0.4) is 0 Å². The zero-order chi connectivity index (χ0) is 42.5. The maximum atomic E-state index is 10.5. The van der Waals surface area contributed by atoms with Crippen molar-refractivity contribution < 1.29 is 0 Å². The van der Waals surface area contributed by atoms with E-state index in [0.29, 0.717) is 44.9 Å². The second kappa shape index (κ2) is 14.6. The van der Waals surface area contributed by atoms with Crippen molar-refractivity contribution in [2.45, 2.75) is 0 Å². The molecule has 0 bridgehead atoms. The summed E-state index contributed by atoms with van der Waals surface area (Å²) < 4.78 is 4.32. The smallest absolute Gasteiger partial charge is 0.195 e. The van der Waals surface area contributed by atoms with Gasteiger partial charge in [0.2, 0.25) is 0 Å². The number of benzene rings is 8. The first-order valence-electron chi connectivity index (χ1n) is 19.4. The summed E-state index contributed by atoms with van der Waals surface area (Å²) in [5, 5.41) is 33.8. The molecule has 282 valence electrons. The molecule has 10 aromatic rings. The van der Waals surface area contributed by atoms with Crippen molar-refractivity contribution in [1.29, 1.82) is 15.8 Å². The van der Waals surface area contributed by atoms with E-state index in [1.807, 2.05) is 84.9 Å². The monoisotopic (exact) mass is 786 g/mol. The lowest BCUT2D eigenvalue weighted by molar-refractivity contribution is 1.17. The van der Waals surface area contributed by atoms with Crippen molar-refractivity contribution in [1.82, 2.24) is 9.13 Å². The van der Waals surface area contributed by atoms with Crippen LogP contribution in [0.4, 0.5) is 17.1 Å². The highest BCUT2D eigenvalue weighted by atomic mass is 15.0. The minimum Gasteiger partial charge on any atom is -0.309 e. The molecule has 0 saturated heterocycles. The van der Waals surface area contributed by atoms with Crippen molar-refractivity contribution >= 4 is 60.7 Å². The second-order valence-electron chi connectivity index (χ2n) is 14.8. The van der Waals surface area contributed by atoms with Crippen LogP contribution in [-0.2, 0) is 0 Å². The van der Waals surface area contributed by atoms with Crippen LogP contribution in [0.25, 0.3) is 103 Å². The number of para-hydroxylation sites is 2. The van der Waals surface area contributed by atoms with E-state index in [2.05, 4.69) is 78.3 Å². The van der Waals surface area contributed by atoms with Crippen LogP contribution in [0.1, 0.15) is 16.7 Å². The molecule has 0 radical (unpaired) electrons. The summed E-state index contributed by atoms with van der Waals surface area (Å²) >= 11 is 0. The molecule has 2 heterocycles. The predicted molar refractivity (Wildman–Crippen MR) is 244 cm³/mol. The molecule has 0 aliphatic rings. The summed E-state index contributed by atoms with van der Waals surface area (Å²) in [6.07, 6.45) is 0. The van der Waals surface area contributed by atoms with Crippen molar-refractivity contribution in [3.8, 4) is 63.0 Å². The van der Waals surface area contributed by atoms with E-state index in [4.69, 9.17) is 19.7 Å². The summed E-state index contributed by atoms with van der Waals surface area (Å²) in [5.74, 6) is 0. The van der Waals surface area contributed by atoms with Gasteiger partial charge in [-0.3, -0.25) is 0 Å². The quantitative estimate of drug-likeness (QED) is 0.163. The Hall–Kier alpha value is -9.70. The van der Waals surface area contributed by atoms with Crippen LogP contribution in [0, 0.1) is 53.7 Å². The van der Waals surface area contributed by atoms with Gasteiger partial charge in [-0.05, 0) is 118 Å². The van der Waals surface area contributed by atoms with Crippen LogP contribution >= 0.6 is 0 Å². The lowest BCUT2D eigenvalue weighted by atomic mass is 9.97. The first-order chi connectivity index (χ1) is 30.4. The number of nitriles is 3. The fourth-order valence-corrected chi connectivity index (χ4v) is 8.64. The van der Waals surface area contributed by atoms with Gasteiger partial charge < -0.3 is 9.13 Å². The molecule has 0 unspecified atom stereocenters. The average Bonchev–Trinajstić information content (AvgIpc) is 3.85. The van der Waals surface area contributed by atoms with E-state index < -0.39 is 0 Å². The summed E-state index contributed by atoms with van der Waals surface area (Å²) in [6, 6.07) is 57.0. The molecule has 0 N–H and O–H groups in total. The van der Waals surface area contributed by atoms with Crippen LogP contribution in [-0.4, -0.2) is 9.13 Å². The first kappa shape index (κ1) is 36.6. The van der Waals surface area contributed by atoms with Crippen molar-refractivity contribution in [2.75, 3.05) is 0 Å². The van der Waals surface area contributed by atoms with Gasteiger partial charge in [0.05, 0.1) is 76.7 Å². The van der Waals surface area contributed by atoms with Crippen LogP contribution in [0.5, 0.6) is 0 Å². The number of rotatable bonds is 5. The molecular formula is C54H26N8. The lowest BCUT2D eigenvalue weighted by Gasteiger charge is -2.15.